The molecule has 0 aliphatic carbocycles. The van der Waals surface area contributed by atoms with E-state index in [9.17, 15) is 27.9 Å². The standard InChI is InChI=1S/C29H26F3NO7/c1-27(2)37-15-28(16-38-27,33-26(35)36)11-10-17-6-8-21-24(12-17)40-23-9-7-20(14-22(23)25(21)34)39-19-5-3-4-18(13-19)29(30,31)32/h3-9,12-14,33H,10-11,15-16H2,1-2H3,(H,35,36). The maximum absolute atomic E-state index is 13.3. The number of ether oxygens (including phenoxy) is 3. The van der Waals surface area contributed by atoms with Crippen molar-refractivity contribution in [1.82, 2.24) is 5.32 Å². The maximum atomic E-state index is 13.3. The Balaban J connectivity index is 1.39. The van der Waals surface area contributed by atoms with E-state index in [1.54, 1.807) is 32.0 Å². The SMILES string of the molecule is CC1(C)OCC(CCc2ccc3c(=O)c4cc(Oc5cccc(C(F)(F)F)c5)ccc4oc3c2)(NC(=O)O)CO1. The fourth-order valence-corrected chi connectivity index (χ4v) is 4.57. The van der Waals surface area contributed by atoms with Gasteiger partial charge in [-0.1, -0.05) is 12.1 Å². The number of halogens is 3. The van der Waals surface area contributed by atoms with Gasteiger partial charge in [0.1, 0.15) is 22.7 Å². The van der Waals surface area contributed by atoms with E-state index in [1.807, 2.05) is 0 Å². The average molecular weight is 558 g/mol. The minimum Gasteiger partial charge on any atom is -0.465 e. The summed E-state index contributed by atoms with van der Waals surface area (Å²) in [6.45, 7) is 3.80. The van der Waals surface area contributed by atoms with Crippen LogP contribution in [0.1, 0.15) is 31.4 Å². The van der Waals surface area contributed by atoms with Crippen LogP contribution in [-0.4, -0.2) is 35.7 Å². The third kappa shape index (κ3) is 5.90. The fraction of sp³-hybridized carbons (Fsp3) is 0.310. The Bertz CT molecular complexity index is 1630. The Hall–Kier alpha value is -4.09. The topological polar surface area (TPSA) is 107 Å². The molecule has 5 rings (SSSR count). The van der Waals surface area contributed by atoms with Crippen LogP contribution in [0.3, 0.4) is 0 Å². The lowest BCUT2D eigenvalue weighted by atomic mass is 9.91. The van der Waals surface area contributed by atoms with E-state index < -0.39 is 29.2 Å². The van der Waals surface area contributed by atoms with Crippen LogP contribution in [0.15, 0.2) is 69.9 Å². The quantitative estimate of drug-likeness (QED) is 0.261. The highest BCUT2D eigenvalue weighted by atomic mass is 19.4. The average Bonchev–Trinajstić information content (AvgIpc) is 2.89. The van der Waals surface area contributed by atoms with Crippen molar-refractivity contribution in [2.24, 2.45) is 0 Å². The molecule has 1 aromatic heterocycles. The largest absolute Gasteiger partial charge is 0.465 e. The molecular weight excluding hydrogens is 531 g/mol. The molecule has 0 spiro atoms. The van der Waals surface area contributed by atoms with Gasteiger partial charge >= 0.3 is 12.3 Å². The van der Waals surface area contributed by atoms with E-state index in [0.717, 1.165) is 17.7 Å². The van der Waals surface area contributed by atoms with Gasteiger partial charge in [-0.15, -0.1) is 0 Å². The molecule has 210 valence electrons. The monoisotopic (exact) mass is 557 g/mol. The molecule has 0 saturated carbocycles. The number of fused-ring (bicyclic) bond motifs is 2. The summed E-state index contributed by atoms with van der Waals surface area (Å²) in [6, 6.07) is 14.1. The third-order valence-electron chi connectivity index (χ3n) is 6.76. The number of carbonyl (C=O) groups is 1. The molecule has 1 fully saturated rings. The van der Waals surface area contributed by atoms with Crippen molar-refractivity contribution in [1.29, 1.82) is 0 Å². The van der Waals surface area contributed by atoms with Crippen molar-refractivity contribution in [2.45, 2.75) is 44.2 Å². The Morgan fingerprint density at radius 2 is 1.70 bits per heavy atom. The number of rotatable bonds is 6. The molecule has 3 aromatic carbocycles. The highest BCUT2D eigenvalue weighted by Gasteiger charge is 2.41. The smallest absolute Gasteiger partial charge is 0.416 e. The van der Waals surface area contributed by atoms with Crippen molar-refractivity contribution in [3.05, 3.63) is 82.0 Å². The van der Waals surface area contributed by atoms with Gasteiger partial charge < -0.3 is 29.1 Å². The molecule has 11 heteroatoms. The van der Waals surface area contributed by atoms with Gasteiger partial charge in [0.2, 0.25) is 5.43 Å². The normalized spacial score (nSPS) is 16.6. The Labute approximate surface area is 226 Å². The molecule has 8 nitrogen and oxygen atoms in total. The Morgan fingerprint density at radius 1 is 0.975 bits per heavy atom. The molecule has 40 heavy (non-hydrogen) atoms. The van der Waals surface area contributed by atoms with Crippen molar-refractivity contribution >= 4 is 28.0 Å². The summed E-state index contributed by atoms with van der Waals surface area (Å²) >= 11 is 0. The number of nitrogens with one attached hydrogen (secondary N) is 1. The van der Waals surface area contributed by atoms with E-state index in [2.05, 4.69) is 5.32 Å². The zero-order valence-electron chi connectivity index (χ0n) is 21.6. The van der Waals surface area contributed by atoms with Crippen LogP contribution in [0.5, 0.6) is 11.5 Å². The van der Waals surface area contributed by atoms with Crippen LogP contribution < -0.4 is 15.5 Å². The van der Waals surface area contributed by atoms with Crippen molar-refractivity contribution in [3.8, 4) is 11.5 Å². The van der Waals surface area contributed by atoms with E-state index in [4.69, 9.17) is 18.6 Å². The number of carboxylic acid groups (broad SMARTS) is 1. The number of alkyl halides is 3. The van der Waals surface area contributed by atoms with E-state index >= 15 is 0 Å². The van der Waals surface area contributed by atoms with Gasteiger partial charge in [-0.2, -0.15) is 13.2 Å². The van der Waals surface area contributed by atoms with Crippen molar-refractivity contribution in [2.75, 3.05) is 13.2 Å². The first-order valence-corrected chi connectivity index (χ1v) is 12.5. The first-order chi connectivity index (χ1) is 18.8. The Morgan fingerprint density at radius 3 is 2.40 bits per heavy atom. The molecule has 0 bridgehead atoms. The molecule has 2 heterocycles. The number of aryl methyl sites for hydroxylation is 1. The second-order valence-electron chi connectivity index (χ2n) is 10.2. The lowest BCUT2D eigenvalue weighted by Gasteiger charge is -2.43. The van der Waals surface area contributed by atoms with Gasteiger partial charge in [-0.05, 0) is 80.8 Å². The number of hydrogen-bond donors (Lipinski definition) is 2. The van der Waals surface area contributed by atoms with Gasteiger partial charge in [-0.25, -0.2) is 4.79 Å². The highest BCUT2D eigenvalue weighted by Crippen LogP contribution is 2.34. The molecule has 1 aliphatic heterocycles. The first kappa shape index (κ1) is 27.5. The zero-order valence-corrected chi connectivity index (χ0v) is 21.6. The summed E-state index contributed by atoms with van der Waals surface area (Å²) in [6.07, 6.45) is -4.85. The fourth-order valence-electron chi connectivity index (χ4n) is 4.57. The summed E-state index contributed by atoms with van der Waals surface area (Å²) in [5.41, 5.74) is -0.653. The molecule has 1 saturated heterocycles. The van der Waals surface area contributed by atoms with Crippen LogP contribution in [0, 0.1) is 0 Å². The zero-order chi connectivity index (χ0) is 28.7. The Kier molecular flexibility index (Phi) is 6.97. The van der Waals surface area contributed by atoms with Gasteiger partial charge in [0.15, 0.2) is 5.79 Å². The van der Waals surface area contributed by atoms with Crippen LogP contribution in [0.25, 0.3) is 21.9 Å². The van der Waals surface area contributed by atoms with E-state index in [-0.39, 0.29) is 41.1 Å². The van der Waals surface area contributed by atoms with Gasteiger partial charge in [0.25, 0.3) is 0 Å². The van der Waals surface area contributed by atoms with Gasteiger partial charge in [0, 0.05) is 0 Å². The lowest BCUT2D eigenvalue weighted by Crippen LogP contribution is -2.61. The van der Waals surface area contributed by atoms with Gasteiger partial charge in [0.05, 0.1) is 35.1 Å². The number of amides is 1. The summed E-state index contributed by atoms with van der Waals surface area (Å²) < 4.78 is 62.1. The third-order valence-corrected chi connectivity index (χ3v) is 6.76. The molecule has 1 amide bonds. The lowest BCUT2D eigenvalue weighted by molar-refractivity contribution is -0.271. The molecule has 0 radical (unpaired) electrons. The van der Waals surface area contributed by atoms with Gasteiger partial charge in [-0.3, -0.25) is 4.79 Å². The molecule has 2 N–H and O–H groups in total. The van der Waals surface area contributed by atoms with Crippen LogP contribution >= 0.6 is 0 Å². The molecule has 0 unspecified atom stereocenters. The summed E-state index contributed by atoms with van der Waals surface area (Å²) in [5.74, 6) is -0.641. The first-order valence-electron chi connectivity index (χ1n) is 12.5. The number of benzene rings is 3. The molecule has 4 aromatic rings. The van der Waals surface area contributed by atoms with Crippen molar-refractivity contribution in [3.63, 3.8) is 0 Å². The van der Waals surface area contributed by atoms with Crippen LogP contribution in [-0.2, 0) is 22.1 Å². The number of hydrogen-bond acceptors (Lipinski definition) is 6. The predicted molar refractivity (Wildman–Crippen MR) is 140 cm³/mol. The summed E-state index contributed by atoms with van der Waals surface area (Å²) in [5, 5.41) is 12.4. The van der Waals surface area contributed by atoms with E-state index in [1.165, 1.54) is 30.3 Å². The van der Waals surface area contributed by atoms with E-state index in [0.29, 0.717) is 23.8 Å². The van der Waals surface area contributed by atoms with Crippen LogP contribution in [0.4, 0.5) is 18.0 Å². The second kappa shape index (κ2) is 10.1. The predicted octanol–water partition coefficient (Wildman–Crippen LogP) is 6.48. The molecule has 0 atom stereocenters. The molecule has 1 aliphatic rings. The minimum absolute atomic E-state index is 0.0171. The van der Waals surface area contributed by atoms with Crippen molar-refractivity contribution < 1.29 is 41.7 Å². The highest BCUT2D eigenvalue weighted by molar-refractivity contribution is 5.90. The second-order valence-corrected chi connectivity index (χ2v) is 10.2. The summed E-state index contributed by atoms with van der Waals surface area (Å²) in [7, 11) is 0. The summed E-state index contributed by atoms with van der Waals surface area (Å²) in [4.78, 5) is 24.7. The van der Waals surface area contributed by atoms with Crippen LogP contribution in [0.2, 0.25) is 0 Å². The maximum Gasteiger partial charge on any atom is 0.416 e. The molecular formula is C29H26F3NO7. The minimum atomic E-state index is -4.51.